The Morgan fingerprint density at radius 2 is 2.00 bits per heavy atom. The summed E-state index contributed by atoms with van der Waals surface area (Å²) in [6, 6.07) is 10.1. The first-order valence-electron chi connectivity index (χ1n) is 5.34. The number of aliphatic hydroxyl groups excluding tert-OH is 1. The first-order chi connectivity index (χ1) is 6.88. The minimum absolute atomic E-state index is 0.242. The fourth-order valence-corrected chi connectivity index (χ4v) is 2.03. The van der Waals surface area contributed by atoms with E-state index in [9.17, 15) is 5.11 Å². The van der Waals surface area contributed by atoms with Gasteiger partial charge in [0.25, 0.3) is 0 Å². The van der Waals surface area contributed by atoms with Crippen molar-refractivity contribution in [3.05, 3.63) is 35.9 Å². The molecular formula is C12H17NO. The number of nitrogens with one attached hydrogen (secondary N) is 1. The Kier molecular flexibility index (Phi) is 3.17. The molecule has 1 unspecified atom stereocenters. The van der Waals surface area contributed by atoms with Gasteiger partial charge >= 0.3 is 0 Å². The maximum atomic E-state index is 10.1. The van der Waals surface area contributed by atoms with E-state index >= 15 is 0 Å². The van der Waals surface area contributed by atoms with Crippen LogP contribution in [-0.2, 0) is 0 Å². The van der Waals surface area contributed by atoms with E-state index in [0.29, 0.717) is 0 Å². The lowest BCUT2D eigenvalue weighted by Crippen LogP contribution is -2.38. The normalized spacial score (nSPS) is 24.5. The minimum Gasteiger partial charge on any atom is -0.387 e. The van der Waals surface area contributed by atoms with Crippen LogP contribution < -0.4 is 5.32 Å². The van der Waals surface area contributed by atoms with E-state index in [4.69, 9.17) is 0 Å². The Hall–Kier alpha value is -0.860. The molecule has 0 spiro atoms. The second-order valence-corrected chi connectivity index (χ2v) is 3.91. The van der Waals surface area contributed by atoms with E-state index in [-0.39, 0.29) is 12.1 Å². The summed E-state index contributed by atoms with van der Waals surface area (Å²) in [6.45, 7) is 1.04. The number of piperidine rings is 1. The Bertz CT molecular complexity index is 267. The predicted molar refractivity (Wildman–Crippen MR) is 57.0 cm³/mol. The molecule has 1 aliphatic rings. The summed E-state index contributed by atoms with van der Waals surface area (Å²) in [5.74, 6) is 0. The van der Waals surface area contributed by atoms with Crippen molar-refractivity contribution in [3.63, 3.8) is 0 Å². The zero-order chi connectivity index (χ0) is 9.80. The molecule has 1 aliphatic heterocycles. The quantitative estimate of drug-likeness (QED) is 0.748. The Morgan fingerprint density at radius 1 is 1.21 bits per heavy atom. The lowest BCUT2D eigenvalue weighted by atomic mass is 9.95. The van der Waals surface area contributed by atoms with Gasteiger partial charge in [-0.25, -0.2) is 0 Å². The van der Waals surface area contributed by atoms with Gasteiger partial charge in [-0.15, -0.1) is 0 Å². The lowest BCUT2D eigenvalue weighted by molar-refractivity contribution is 0.114. The van der Waals surface area contributed by atoms with E-state index in [1.165, 1.54) is 12.8 Å². The summed E-state index contributed by atoms with van der Waals surface area (Å²) in [4.78, 5) is 0. The van der Waals surface area contributed by atoms with Gasteiger partial charge in [0, 0.05) is 6.04 Å². The Labute approximate surface area is 85.0 Å². The largest absolute Gasteiger partial charge is 0.387 e. The zero-order valence-electron chi connectivity index (χ0n) is 8.32. The van der Waals surface area contributed by atoms with E-state index in [2.05, 4.69) is 5.32 Å². The third-order valence-corrected chi connectivity index (χ3v) is 2.87. The van der Waals surface area contributed by atoms with Crippen LogP contribution in [0.15, 0.2) is 30.3 Å². The predicted octanol–water partition coefficient (Wildman–Crippen LogP) is 1.86. The number of benzene rings is 1. The van der Waals surface area contributed by atoms with Crippen molar-refractivity contribution in [1.29, 1.82) is 0 Å². The maximum Gasteiger partial charge on any atom is 0.0942 e. The fourth-order valence-electron chi connectivity index (χ4n) is 2.03. The van der Waals surface area contributed by atoms with Crippen LogP contribution >= 0.6 is 0 Å². The molecular weight excluding hydrogens is 174 g/mol. The molecule has 1 aromatic rings. The average molecular weight is 191 g/mol. The van der Waals surface area contributed by atoms with E-state index in [1.54, 1.807) is 0 Å². The van der Waals surface area contributed by atoms with Crippen LogP contribution in [0, 0.1) is 0 Å². The topological polar surface area (TPSA) is 32.3 Å². The third kappa shape index (κ3) is 2.14. The van der Waals surface area contributed by atoms with Crippen molar-refractivity contribution >= 4 is 0 Å². The monoisotopic (exact) mass is 191 g/mol. The number of aliphatic hydroxyl groups is 1. The highest BCUT2D eigenvalue weighted by atomic mass is 16.3. The van der Waals surface area contributed by atoms with Crippen LogP contribution in [0.1, 0.15) is 30.9 Å². The molecule has 1 heterocycles. The summed E-state index contributed by atoms with van der Waals surface area (Å²) in [5, 5.41) is 13.5. The van der Waals surface area contributed by atoms with Gasteiger partial charge < -0.3 is 10.4 Å². The van der Waals surface area contributed by atoms with Gasteiger partial charge in [-0.2, -0.15) is 0 Å². The molecule has 0 radical (unpaired) electrons. The number of hydrogen-bond donors (Lipinski definition) is 2. The summed E-state index contributed by atoms with van der Waals surface area (Å²) in [5.41, 5.74) is 1.02. The Morgan fingerprint density at radius 3 is 2.64 bits per heavy atom. The van der Waals surface area contributed by atoms with Crippen molar-refractivity contribution in [3.8, 4) is 0 Å². The van der Waals surface area contributed by atoms with Gasteiger partial charge in [0.2, 0.25) is 0 Å². The van der Waals surface area contributed by atoms with Crippen molar-refractivity contribution in [2.24, 2.45) is 0 Å². The van der Waals surface area contributed by atoms with Gasteiger partial charge in [0.05, 0.1) is 6.10 Å². The maximum absolute atomic E-state index is 10.1. The standard InChI is InChI=1S/C12H17NO/c14-12(10-6-2-1-3-7-10)11-8-4-5-9-13-11/h1-3,6-7,11-14H,4-5,8-9H2/t11?,12-/m1/s1. The first kappa shape index (κ1) is 9.69. The molecule has 0 saturated carbocycles. The average Bonchev–Trinajstić information content (AvgIpc) is 2.30. The molecule has 2 nitrogen and oxygen atoms in total. The third-order valence-electron chi connectivity index (χ3n) is 2.87. The molecule has 1 saturated heterocycles. The van der Waals surface area contributed by atoms with Gasteiger partial charge in [-0.3, -0.25) is 0 Å². The Balaban J connectivity index is 2.03. The van der Waals surface area contributed by atoms with Gasteiger partial charge in [0.15, 0.2) is 0 Å². The second-order valence-electron chi connectivity index (χ2n) is 3.91. The van der Waals surface area contributed by atoms with Crippen LogP contribution in [0.3, 0.4) is 0 Å². The highest BCUT2D eigenvalue weighted by Gasteiger charge is 2.21. The minimum atomic E-state index is -0.350. The van der Waals surface area contributed by atoms with Crippen molar-refractivity contribution in [1.82, 2.24) is 5.32 Å². The molecule has 1 aromatic carbocycles. The number of hydrogen-bond acceptors (Lipinski definition) is 2. The van der Waals surface area contributed by atoms with Crippen LogP contribution in [0.25, 0.3) is 0 Å². The molecule has 14 heavy (non-hydrogen) atoms. The van der Waals surface area contributed by atoms with Crippen molar-refractivity contribution in [2.75, 3.05) is 6.54 Å². The fraction of sp³-hybridized carbons (Fsp3) is 0.500. The second kappa shape index (κ2) is 4.58. The zero-order valence-corrected chi connectivity index (χ0v) is 8.32. The molecule has 0 amide bonds. The van der Waals surface area contributed by atoms with Crippen molar-refractivity contribution < 1.29 is 5.11 Å². The van der Waals surface area contributed by atoms with E-state index in [0.717, 1.165) is 18.5 Å². The smallest absolute Gasteiger partial charge is 0.0942 e. The highest BCUT2D eigenvalue weighted by molar-refractivity contribution is 5.18. The van der Waals surface area contributed by atoms with Gasteiger partial charge in [-0.1, -0.05) is 36.8 Å². The molecule has 76 valence electrons. The summed E-state index contributed by atoms with van der Waals surface area (Å²) < 4.78 is 0. The summed E-state index contributed by atoms with van der Waals surface area (Å²) in [6.07, 6.45) is 3.19. The molecule has 0 aromatic heterocycles. The molecule has 2 rings (SSSR count). The molecule has 1 fully saturated rings. The lowest BCUT2D eigenvalue weighted by Gasteiger charge is -2.28. The molecule has 2 heteroatoms. The molecule has 0 bridgehead atoms. The van der Waals surface area contributed by atoms with Gasteiger partial charge in [0.1, 0.15) is 0 Å². The van der Waals surface area contributed by atoms with Crippen LogP contribution in [0.5, 0.6) is 0 Å². The first-order valence-corrected chi connectivity index (χ1v) is 5.34. The van der Waals surface area contributed by atoms with Crippen LogP contribution in [0.2, 0.25) is 0 Å². The molecule has 2 atom stereocenters. The van der Waals surface area contributed by atoms with Gasteiger partial charge in [-0.05, 0) is 24.9 Å². The van der Waals surface area contributed by atoms with E-state index in [1.807, 2.05) is 30.3 Å². The number of rotatable bonds is 2. The van der Waals surface area contributed by atoms with E-state index < -0.39 is 0 Å². The summed E-state index contributed by atoms with van der Waals surface area (Å²) in [7, 11) is 0. The SMILES string of the molecule is O[C@H](c1ccccc1)C1CCCCN1. The molecule has 0 aliphatic carbocycles. The van der Waals surface area contributed by atoms with Crippen LogP contribution in [0.4, 0.5) is 0 Å². The van der Waals surface area contributed by atoms with Crippen LogP contribution in [-0.4, -0.2) is 17.7 Å². The highest BCUT2D eigenvalue weighted by Crippen LogP contribution is 2.22. The summed E-state index contributed by atoms with van der Waals surface area (Å²) >= 11 is 0. The molecule has 2 N–H and O–H groups in total. The van der Waals surface area contributed by atoms with Crippen molar-refractivity contribution in [2.45, 2.75) is 31.4 Å².